The van der Waals surface area contributed by atoms with Crippen molar-refractivity contribution in [2.45, 2.75) is 4.90 Å². The lowest BCUT2D eigenvalue weighted by Crippen LogP contribution is -2.36. The van der Waals surface area contributed by atoms with Crippen LogP contribution in [-0.4, -0.2) is 56.5 Å². The number of halogens is 1. The largest absolute Gasteiger partial charge is 0.325 e. The van der Waals surface area contributed by atoms with E-state index in [4.69, 9.17) is 0 Å². The van der Waals surface area contributed by atoms with Crippen molar-refractivity contribution in [3.05, 3.63) is 47.1 Å². The summed E-state index contributed by atoms with van der Waals surface area (Å²) in [5.74, 6) is -0.191. The van der Waals surface area contributed by atoms with Gasteiger partial charge in [-0.1, -0.05) is 0 Å². The van der Waals surface area contributed by atoms with Crippen molar-refractivity contribution in [3.8, 4) is 0 Å². The molecule has 2 N–H and O–H groups in total. The van der Waals surface area contributed by atoms with Crippen molar-refractivity contribution in [2.24, 2.45) is 0 Å². The lowest BCUT2D eigenvalue weighted by Gasteiger charge is -2.16. The third-order valence-corrected chi connectivity index (χ3v) is 4.99. The Bertz CT molecular complexity index is 915. The van der Waals surface area contributed by atoms with Crippen LogP contribution in [0.3, 0.4) is 0 Å². The third kappa shape index (κ3) is 7.08. The summed E-state index contributed by atoms with van der Waals surface area (Å²) < 4.78 is 23.7. The number of likely N-dealkylation sites (N-methyl/N-ethyl adjacent to an activating group) is 1. The minimum Gasteiger partial charge on any atom is -0.325 e. The average Bonchev–Trinajstić information content (AvgIpc) is 2.56. The molecule has 2 aromatic rings. The number of benzene rings is 1. The van der Waals surface area contributed by atoms with Crippen molar-refractivity contribution in [1.82, 2.24) is 9.88 Å². The van der Waals surface area contributed by atoms with E-state index < -0.39 is 9.84 Å². The first-order valence-electron chi connectivity index (χ1n) is 7.83. The van der Waals surface area contributed by atoms with E-state index in [1.54, 1.807) is 30.3 Å². The van der Waals surface area contributed by atoms with Gasteiger partial charge in [-0.2, -0.15) is 0 Å². The number of anilines is 2. The van der Waals surface area contributed by atoms with Crippen LogP contribution >= 0.6 is 15.9 Å². The van der Waals surface area contributed by atoms with Gasteiger partial charge < -0.3 is 10.6 Å². The highest BCUT2D eigenvalue weighted by Crippen LogP contribution is 2.14. The molecule has 0 bridgehead atoms. The first kappa shape index (κ1) is 21.0. The molecular formula is C17H19BrN4O4S. The van der Waals surface area contributed by atoms with E-state index >= 15 is 0 Å². The van der Waals surface area contributed by atoms with Gasteiger partial charge in [0.2, 0.25) is 11.8 Å². The van der Waals surface area contributed by atoms with E-state index in [0.717, 1.165) is 10.7 Å². The van der Waals surface area contributed by atoms with Crippen LogP contribution in [0.4, 0.5) is 11.5 Å². The maximum absolute atomic E-state index is 12.1. The minimum atomic E-state index is -3.28. The predicted octanol–water partition coefficient (Wildman–Crippen LogP) is 1.76. The van der Waals surface area contributed by atoms with Crippen LogP contribution in [0.25, 0.3) is 0 Å². The molecule has 8 nitrogen and oxygen atoms in total. The number of nitrogens with one attached hydrogen (secondary N) is 2. The number of hydrogen-bond acceptors (Lipinski definition) is 6. The zero-order valence-corrected chi connectivity index (χ0v) is 17.2. The highest BCUT2D eigenvalue weighted by atomic mass is 79.9. The van der Waals surface area contributed by atoms with Gasteiger partial charge in [-0.15, -0.1) is 0 Å². The molecule has 27 heavy (non-hydrogen) atoms. The van der Waals surface area contributed by atoms with E-state index in [1.165, 1.54) is 24.3 Å². The van der Waals surface area contributed by atoms with Gasteiger partial charge in [0.1, 0.15) is 5.82 Å². The number of aromatic nitrogens is 1. The smallest absolute Gasteiger partial charge is 0.239 e. The van der Waals surface area contributed by atoms with E-state index in [0.29, 0.717) is 11.5 Å². The summed E-state index contributed by atoms with van der Waals surface area (Å²) in [5.41, 5.74) is 0.476. The predicted molar refractivity (Wildman–Crippen MR) is 106 cm³/mol. The molecule has 0 atom stereocenters. The standard InChI is InChI=1S/C17H19BrN4O4S/c1-22(11-17(24)21-15-8-3-12(18)9-19-15)10-16(23)20-13-4-6-14(7-5-13)27(2,25)26/h3-9H,10-11H2,1-2H3,(H,20,23)(H,19,21,24). The summed E-state index contributed by atoms with van der Waals surface area (Å²) in [6.07, 6.45) is 2.69. The number of carbonyl (C=O) groups is 2. The van der Waals surface area contributed by atoms with E-state index in [-0.39, 0.29) is 29.8 Å². The molecule has 0 radical (unpaired) electrons. The topological polar surface area (TPSA) is 108 Å². The van der Waals surface area contributed by atoms with Gasteiger partial charge in [-0.05, 0) is 59.4 Å². The van der Waals surface area contributed by atoms with Gasteiger partial charge in [-0.25, -0.2) is 13.4 Å². The van der Waals surface area contributed by atoms with Crippen LogP contribution in [0.15, 0.2) is 52.0 Å². The zero-order valence-electron chi connectivity index (χ0n) is 14.8. The van der Waals surface area contributed by atoms with Gasteiger partial charge in [0.25, 0.3) is 0 Å². The van der Waals surface area contributed by atoms with Crippen molar-refractivity contribution in [1.29, 1.82) is 0 Å². The Morgan fingerprint density at radius 3 is 2.15 bits per heavy atom. The Labute approximate surface area is 166 Å². The third-order valence-electron chi connectivity index (χ3n) is 3.39. The Kier molecular flexibility index (Phi) is 7.05. The van der Waals surface area contributed by atoms with Crippen LogP contribution in [0.5, 0.6) is 0 Å². The van der Waals surface area contributed by atoms with Crippen LogP contribution < -0.4 is 10.6 Å². The summed E-state index contributed by atoms with van der Waals surface area (Å²) in [7, 11) is -1.64. The highest BCUT2D eigenvalue weighted by molar-refractivity contribution is 9.10. The summed E-state index contributed by atoms with van der Waals surface area (Å²) >= 11 is 3.26. The molecule has 0 aliphatic carbocycles. The minimum absolute atomic E-state index is 0.00495. The molecule has 0 aliphatic rings. The van der Waals surface area contributed by atoms with E-state index in [9.17, 15) is 18.0 Å². The monoisotopic (exact) mass is 454 g/mol. The first-order valence-corrected chi connectivity index (χ1v) is 10.5. The van der Waals surface area contributed by atoms with Crippen molar-refractivity contribution < 1.29 is 18.0 Å². The fourth-order valence-corrected chi connectivity index (χ4v) is 3.03. The Morgan fingerprint density at radius 2 is 1.63 bits per heavy atom. The molecule has 2 amide bonds. The van der Waals surface area contributed by atoms with E-state index in [1.807, 2.05) is 0 Å². The molecule has 1 aromatic carbocycles. The maximum atomic E-state index is 12.1. The molecule has 0 aliphatic heterocycles. The number of amides is 2. The van der Waals surface area contributed by atoms with Crippen molar-refractivity contribution in [2.75, 3.05) is 37.0 Å². The summed E-state index contributed by atoms with van der Waals surface area (Å²) in [5, 5.41) is 5.30. The number of carbonyl (C=O) groups excluding carboxylic acids is 2. The number of nitrogens with zero attached hydrogens (tertiary/aromatic N) is 2. The van der Waals surface area contributed by atoms with Gasteiger partial charge in [0, 0.05) is 22.6 Å². The van der Waals surface area contributed by atoms with E-state index in [2.05, 4.69) is 31.5 Å². The summed E-state index contributed by atoms with van der Waals surface area (Å²) in [6.45, 7) is 0.00714. The lowest BCUT2D eigenvalue weighted by molar-refractivity contribution is -0.119. The molecule has 0 saturated heterocycles. The van der Waals surface area contributed by atoms with Gasteiger partial charge in [-0.3, -0.25) is 14.5 Å². The second-order valence-electron chi connectivity index (χ2n) is 5.93. The normalized spacial score (nSPS) is 11.3. The van der Waals surface area contributed by atoms with Crippen LogP contribution in [0.2, 0.25) is 0 Å². The molecule has 1 heterocycles. The van der Waals surface area contributed by atoms with Crippen LogP contribution in [-0.2, 0) is 19.4 Å². The SMILES string of the molecule is CN(CC(=O)Nc1ccc(S(C)(=O)=O)cc1)CC(=O)Nc1ccc(Br)cn1. The Hall–Kier alpha value is -2.30. The quantitative estimate of drug-likeness (QED) is 0.659. The molecule has 144 valence electrons. The molecule has 0 spiro atoms. The van der Waals surface area contributed by atoms with Crippen LogP contribution in [0.1, 0.15) is 0 Å². The molecular weight excluding hydrogens is 436 g/mol. The molecule has 0 unspecified atom stereocenters. The summed E-state index contributed by atoms with van der Waals surface area (Å²) in [6, 6.07) is 9.30. The average molecular weight is 455 g/mol. The fraction of sp³-hybridized carbons (Fsp3) is 0.235. The van der Waals surface area contributed by atoms with Gasteiger partial charge >= 0.3 is 0 Å². The lowest BCUT2D eigenvalue weighted by atomic mass is 10.3. The number of pyridine rings is 1. The van der Waals surface area contributed by atoms with Crippen molar-refractivity contribution in [3.63, 3.8) is 0 Å². The first-order chi connectivity index (χ1) is 12.6. The number of hydrogen-bond donors (Lipinski definition) is 2. The fourth-order valence-electron chi connectivity index (χ4n) is 2.16. The van der Waals surface area contributed by atoms with Crippen LogP contribution in [0, 0.1) is 0 Å². The van der Waals surface area contributed by atoms with Gasteiger partial charge in [0.15, 0.2) is 9.84 Å². The molecule has 1 aromatic heterocycles. The number of rotatable bonds is 7. The second-order valence-corrected chi connectivity index (χ2v) is 8.86. The van der Waals surface area contributed by atoms with Crippen molar-refractivity contribution >= 4 is 49.1 Å². The zero-order chi connectivity index (χ0) is 20.0. The molecule has 2 rings (SSSR count). The molecule has 10 heteroatoms. The maximum Gasteiger partial charge on any atom is 0.239 e. The second kappa shape index (κ2) is 9.07. The number of sulfone groups is 1. The van der Waals surface area contributed by atoms with Gasteiger partial charge in [0.05, 0.1) is 18.0 Å². The highest BCUT2D eigenvalue weighted by Gasteiger charge is 2.12. The summed E-state index contributed by atoms with van der Waals surface area (Å²) in [4.78, 5) is 29.8. The Balaban J connectivity index is 1.82. The molecule has 0 fully saturated rings. The molecule has 0 saturated carbocycles. The Morgan fingerprint density at radius 1 is 1.04 bits per heavy atom.